The van der Waals surface area contributed by atoms with Gasteiger partial charge in [0.25, 0.3) is 0 Å². The number of benzene rings is 2. The Morgan fingerprint density at radius 2 is 1.42 bits per heavy atom. The lowest BCUT2D eigenvalue weighted by Crippen LogP contribution is -2.35. The Morgan fingerprint density at radius 1 is 0.846 bits per heavy atom. The van der Waals surface area contributed by atoms with Crippen molar-refractivity contribution in [3.63, 3.8) is 0 Å². The van der Waals surface area contributed by atoms with E-state index in [0.29, 0.717) is 31.2 Å². The summed E-state index contributed by atoms with van der Waals surface area (Å²) in [6, 6.07) is 15.8. The van der Waals surface area contributed by atoms with E-state index in [9.17, 15) is 14.0 Å². The average molecular weight is 354 g/mol. The van der Waals surface area contributed by atoms with Crippen molar-refractivity contribution in [3.8, 4) is 0 Å². The highest BCUT2D eigenvalue weighted by Gasteiger charge is 2.29. The fraction of sp³-hybridized carbons (Fsp3) is 0.333. The Kier molecular flexibility index (Phi) is 6.00. The lowest BCUT2D eigenvalue weighted by atomic mass is 9.81. The Morgan fingerprint density at radius 3 is 2.08 bits per heavy atom. The van der Waals surface area contributed by atoms with Gasteiger partial charge in [0.15, 0.2) is 0 Å². The smallest absolute Gasteiger partial charge is 0.227 e. The van der Waals surface area contributed by atoms with Crippen molar-refractivity contribution in [3.05, 3.63) is 66.0 Å². The van der Waals surface area contributed by atoms with Gasteiger partial charge in [0, 0.05) is 29.6 Å². The van der Waals surface area contributed by atoms with Crippen LogP contribution in [0.5, 0.6) is 0 Å². The maximum absolute atomic E-state index is 13.6. The Bertz CT molecular complexity index is 756. The van der Waals surface area contributed by atoms with E-state index in [1.807, 2.05) is 30.3 Å². The third-order valence-corrected chi connectivity index (χ3v) is 4.92. The molecule has 0 heterocycles. The maximum atomic E-state index is 13.6. The molecule has 1 fully saturated rings. The summed E-state index contributed by atoms with van der Waals surface area (Å²) in [6.07, 6.45) is 2.73. The van der Waals surface area contributed by atoms with Gasteiger partial charge >= 0.3 is 0 Å². The lowest BCUT2D eigenvalue weighted by Gasteiger charge is -2.27. The zero-order chi connectivity index (χ0) is 18.4. The van der Waals surface area contributed by atoms with Gasteiger partial charge in [0.05, 0.1) is 0 Å². The summed E-state index contributed by atoms with van der Waals surface area (Å²) < 4.78 is 13.6. The number of para-hydroxylation sites is 1. The number of rotatable bonds is 5. The van der Waals surface area contributed by atoms with E-state index < -0.39 is 0 Å². The minimum Gasteiger partial charge on any atom is -0.352 e. The Hall–Kier alpha value is -2.69. The zero-order valence-electron chi connectivity index (χ0n) is 14.6. The number of nitrogens with one attached hydrogen (secondary N) is 2. The molecule has 2 aromatic rings. The van der Waals surface area contributed by atoms with Gasteiger partial charge in [0.2, 0.25) is 11.8 Å². The van der Waals surface area contributed by atoms with Crippen LogP contribution < -0.4 is 10.6 Å². The number of halogens is 1. The summed E-state index contributed by atoms with van der Waals surface area (Å²) in [5.74, 6) is -0.529. The molecule has 2 N–H and O–H groups in total. The van der Waals surface area contributed by atoms with Gasteiger partial charge in [0.1, 0.15) is 5.82 Å². The molecule has 0 radical (unpaired) electrons. The third-order valence-electron chi connectivity index (χ3n) is 4.92. The van der Waals surface area contributed by atoms with Gasteiger partial charge in [-0.05, 0) is 43.9 Å². The summed E-state index contributed by atoms with van der Waals surface area (Å²) in [6.45, 7) is 0.194. The van der Waals surface area contributed by atoms with Crippen molar-refractivity contribution >= 4 is 17.5 Å². The van der Waals surface area contributed by atoms with Crippen LogP contribution in [0.4, 0.5) is 10.1 Å². The van der Waals surface area contributed by atoms with E-state index in [1.54, 1.807) is 18.2 Å². The lowest BCUT2D eigenvalue weighted by molar-refractivity contribution is -0.128. The van der Waals surface area contributed by atoms with E-state index in [-0.39, 0.29) is 36.0 Å². The second kappa shape index (κ2) is 8.61. The average Bonchev–Trinajstić information content (AvgIpc) is 2.68. The first-order valence-electron chi connectivity index (χ1n) is 9.00. The van der Waals surface area contributed by atoms with Crippen LogP contribution in [0.3, 0.4) is 0 Å². The highest BCUT2D eigenvalue weighted by molar-refractivity contribution is 5.92. The topological polar surface area (TPSA) is 58.2 Å². The SMILES string of the molecule is O=C(NCc1ccccc1F)C1CCC(C(=O)Nc2ccccc2)CC1. The van der Waals surface area contributed by atoms with Gasteiger partial charge in [-0.3, -0.25) is 9.59 Å². The molecule has 0 bridgehead atoms. The normalized spacial score (nSPS) is 19.6. The predicted octanol–water partition coefficient (Wildman–Crippen LogP) is 3.89. The van der Waals surface area contributed by atoms with E-state index >= 15 is 0 Å². The largest absolute Gasteiger partial charge is 0.352 e. The molecular formula is C21H23FN2O2. The summed E-state index contributed by atoms with van der Waals surface area (Å²) in [4.78, 5) is 24.7. The molecule has 0 atom stereocenters. The first-order chi connectivity index (χ1) is 12.6. The molecule has 5 heteroatoms. The molecule has 26 heavy (non-hydrogen) atoms. The quantitative estimate of drug-likeness (QED) is 0.856. The number of amides is 2. The molecule has 0 saturated heterocycles. The van der Waals surface area contributed by atoms with Crippen LogP contribution in [-0.4, -0.2) is 11.8 Å². The Balaban J connectivity index is 1.45. The van der Waals surface area contributed by atoms with Gasteiger partial charge in [-0.1, -0.05) is 36.4 Å². The van der Waals surface area contributed by atoms with Gasteiger partial charge in [-0.25, -0.2) is 4.39 Å². The fourth-order valence-electron chi connectivity index (χ4n) is 3.35. The van der Waals surface area contributed by atoms with Crippen LogP contribution >= 0.6 is 0 Å². The number of hydrogen-bond acceptors (Lipinski definition) is 2. The molecule has 0 unspecified atom stereocenters. The molecule has 1 aliphatic rings. The minimum atomic E-state index is -0.311. The first kappa shape index (κ1) is 18.1. The molecule has 2 aromatic carbocycles. The summed E-state index contributed by atoms with van der Waals surface area (Å²) in [5, 5.41) is 5.74. The Labute approximate surface area is 152 Å². The number of carbonyl (C=O) groups is 2. The fourth-order valence-corrected chi connectivity index (χ4v) is 3.35. The van der Waals surface area contributed by atoms with Gasteiger partial charge < -0.3 is 10.6 Å². The first-order valence-corrected chi connectivity index (χ1v) is 9.00. The third kappa shape index (κ3) is 4.69. The van der Waals surface area contributed by atoms with Crippen LogP contribution in [-0.2, 0) is 16.1 Å². The molecule has 1 aliphatic carbocycles. The summed E-state index contributed by atoms with van der Waals surface area (Å²) in [7, 11) is 0. The van der Waals surface area contributed by atoms with Crippen molar-refractivity contribution in [2.24, 2.45) is 11.8 Å². The molecule has 136 valence electrons. The molecule has 0 spiro atoms. The van der Waals surface area contributed by atoms with Crippen molar-refractivity contribution in [1.82, 2.24) is 5.32 Å². The molecular weight excluding hydrogens is 331 g/mol. The zero-order valence-corrected chi connectivity index (χ0v) is 14.6. The summed E-state index contributed by atoms with van der Waals surface area (Å²) in [5.41, 5.74) is 1.28. The highest BCUT2D eigenvalue weighted by atomic mass is 19.1. The molecule has 0 aliphatic heterocycles. The van der Waals surface area contributed by atoms with Crippen molar-refractivity contribution in [2.45, 2.75) is 32.2 Å². The van der Waals surface area contributed by atoms with Crippen LogP contribution in [0, 0.1) is 17.7 Å². The number of carbonyl (C=O) groups excluding carboxylic acids is 2. The second-order valence-electron chi connectivity index (χ2n) is 6.71. The second-order valence-corrected chi connectivity index (χ2v) is 6.71. The van der Waals surface area contributed by atoms with E-state index in [4.69, 9.17) is 0 Å². The van der Waals surface area contributed by atoms with Crippen molar-refractivity contribution < 1.29 is 14.0 Å². The van der Waals surface area contributed by atoms with Gasteiger partial charge in [-0.15, -0.1) is 0 Å². The maximum Gasteiger partial charge on any atom is 0.227 e. The van der Waals surface area contributed by atoms with E-state index in [2.05, 4.69) is 10.6 Å². The highest BCUT2D eigenvalue weighted by Crippen LogP contribution is 2.30. The molecule has 2 amide bonds. The van der Waals surface area contributed by atoms with Crippen LogP contribution in [0.1, 0.15) is 31.2 Å². The van der Waals surface area contributed by atoms with Crippen molar-refractivity contribution in [1.29, 1.82) is 0 Å². The standard InChI is InChI=1S/C21H23FN2O2/c22-19-9-5-4-6-17(19)14-23-20(25)15-10-12-16(13-11-15)21(26)24-18-7-2-1-3-8-18/h1-9,15-16H,10-14H2,(H,23,25)(H,24,26). The number of hydrogen-bond donors (Lipinski definition) is 2. The van der Waals surface area contributed by atoms with Crippen LogP contribution in [0.25, 0.3) is 0 Å². The minimum absolute atomic E-state index is 0.0152. The van der Waals surface area contributed by atoms with Gasteiger partial charge in [-0.2, -0.15) is 0 Å². The van der Waals surface area contributed by atoms with Crippen LogP contribution in [0.2, 0.25) is 0 Å². The molecule has 4 nitrogen and oxygen atoms in total. The van der Waals surface area contributed by atoms with E-state index in [1.165, 1.54) is 6.07 Å². The molecule has 3 rings (SSSR count). The monoisotopic (exact) mass is 354 g/mol. The number of anilines is 1. The van der Waals surface area contributed by atoms with E-state index in [0.717, 1.165) is 5.69 Å². The van der Waals surface area contributed by atoms with Crippen molar-refractivity contribution in [2.75, 3.05) is 5.32 Å². The molecule has 0 aromatic heterocycles. The van der Waals surface area contributed by atoms with Crippen LogP contribution in [0.15, 0.2) is 54.6 Å². The summed E-state index contributed by atoms with van der Waals surface area (Å²) >= 11 is 0. The molecule has 1 saturated carbocycles. The predicted molar refractivity (Wildman–Crippen MR) is 98.8 cm³/mol.